The van der Waals surface area contributed by atoms with Crippen LogP contribution in [0.1, 0.15) is 15.9 Å². The van der Waals surface area contributed by atoms with Gasteiger partial charge in [0.05, 0.1) is 54.1 Å². The first-order valence-electron chi connectivity index (χ1n) is 12.8. The van der Waals surface area contributed by atoms with Crippen molar-refractivity contribution >= 4 is 41.4 Å². The number of non-ortho nitro benzene ring substituents is 2. The fraction of sp³-hybridized carbons (Fsp3) is 0.320. The number of nitrogens with one attached hydrogen (secondary N) is 1. The number of ether oxygens (including phenoxy) is 3. The summed E-state index contributed by atoms with van der Waals surface area (Å²) in [6.07, 6.45) is 1.46. The molecule has 17 heteroatoms. The Bertz CT molecular complexity index is 1440. The molecular weight excluding hydrogens is 554 g/mol. The van der Waals surface area contributed by atoms with Crippen LogP contribution in [-0.4, -0.2) is 89.6 Å². The summed E-state index contributed by atoms with van der Waals surface area (Å²) in [5, 5.41) is 26.5. The highest BCUT2D eigenvalue weighted by Gasteiger charge is 2.22. The minimum atomic E-state index is -0.995. The number of nitrogens with zero attached hydrogens (tertiary/aromatic N) is 8. The van der Waals surface area contributed by atoms with Gasteiger partial charge >= 0.3 is 5.97 Å². The molecule has 3 aromatic rings. The van der Waals surface area contributed by atoms with Crippen LogP contribution in [0.4, 0.5) is 29.2 Å². The monoisotopic (exact) mass is 579 g/mol. The van der Waals surface area contributed by atoms with Crippen molar-refractivity contribution in [3.05, 3.63) is 73.8 Å². The van der Waals surface area contributed by atoms with Gasteiger partial charge in [-0.05, 0) is 17.7 Å². The summed E-state index contributed by atoms with van der Waals surface area (Å²) in [5.74, 6) is 0.345. The Morgan fingerprint density at radius 2 is 1.45 bits per heavy atom. The molecule has 17 nitrogen and oxygen atoms in total. The summed E-state index contributed by atoms with van der Waals surface area (Å²) < 4.78 is 16.2. The number of carbonyl (C=O) groups excluding carboxylic acids is 1. The predicted molar refractivity (Wildman–Crippen MR) is 148 cm³/mol. The van der Waals surface area contributed by atoms with E-state index in [-0.39, 0.29) is 17.3 Å². The second kappa shape index (κ2) is 12.9. The Hall–Kier alpha value is -5.29. The molecule has 218 valence electrons. The average molecular weight is 580 g/mol. The molecule has 0 atom stereocenters. The lowest BCUT2D eigenvalue weighted by Crippen LogP contribution is -2.40. The number of nitro groups is 2. The third-order valence-electron chi connectivity index (χ3n) is 6.21. The van der Waals surface area contributed by atoms with Gasteiger partial charge in [-0.3, -0.25) is 20.2 Å². The van der Waals surface area contributed by atoms with Gasteiger partial charge in [-0.1, -0.05) is 12.1 Å². The van der Waals surface area contributed by atoms with E-state index in [0.717, 1.165) is 18.2 Å². The van der Waals surface area contributed by atoms with E-state index < -0.39 is 27.2 Å². The van der Waals surface area contributed by atoms with Crippen molar-refractivity contribution in [1.29, 1.82) is 0 Å². The standard InChI is InChI=1S/C25H25N9O8/c35-22(18-13-19(33(36)37)15-20(14-18)34(38)39)42-21-3-1-2-17(12-21)16-26-30-23-27-24(31-4-8-40-9-5-31)29-25(28-23)32-6-10-41-11-7-32/h1-3,12-16H,4-11H2,(H,27,28,29,30)/b26-16-. The van der Waals surface area contributed by atoms with Gasteiger partial charge in [-0.25, -0.2) is 10.2 Å². The van der Waals surface area contributed by atoms with Crippen LogP contribution in [0.15, 0.2) is 47.6 Å². The molecular formula is C25H25N9O8. The molecule has 2 aliphatic rings. The smallest absolute Gasteiger partial charge is 0.344 e. The molecule has 1 aromatic heterocycles. The third-order valence-corrected chi connectivity index (χ3v) is 6.21. The van der Waals surface area contributed by atoms with E-state index in [2.05, 4.69) is 25.5 Å². The van der Waals surface area contributed by atoms with Crippen molar-refractivity contribution in [2.45, 2.75) is 0 Å². The fourth-order valence-corrected chi connectivity index (χ4v) is 4.13. The molecule has 0 aliphatic carbocycles. The van der Waals surface area contributed by atoms with E-state index in [1.165, 1.54) is 18.3 Å². The Kier molecular flexibility index (Phi) is 8.69. The fourth-order valence-electron chi connectivity index (χ4n) is 4.13. The Morgan fingerprint density at radius 1 is 0.881 bits per heavy atom. The van der Waals surface area contributed by atoms with Gasteiger partial charge in [-0.2, -0.15) is 20.1 Å². The summed E-state index contributed by atoms with van der Waals surface area (Å²) in [7, 11) is 0. The molecule has 0 unspecified atom stereocenters. The summed E-state index contributed by atoms with van der Waals surface area (Å²) in [6.45, 7) is 4.84. The first-order chi connectivity index (χ1) is 20.4. The van der Waals surface area contributed by atoms with E-state index >= 15 is 0 Å². The van der Waals surface area contributed by atoms with Gasteiger partial charge in [0.15, 0.2) is 0 Å². The summed E-state index contributed by atoms with van der Waals surface area (Å²) in [5.41, 5.74) is 1.83. The van der Waals surface area contributed by atoms with Crippen molar-refractivity contribution in [3.8, 4) is 5.75 Å². The first kappa shape index (κ1) is 28.2. The second-order valence-electron chi connectivity index (χ2n) is 9.04. The van der Waals surface area contributed by atoms with Gasteiger partial charge in [0, 0.05) is 38.3 Å². The minimum Gasteiger partial charge on any atom is -0.423 e. The molecule has 2 saturated heterocycles. The lowest BCUT2D eigenvalue weighted by molar-refractivity contribution is -0.394. The zero-order valence-electron chi connectivity index (χ0n) is 22.1. The van der Waals surface area contributed by atoms with Crippen LogP contribution in [0, 0.1) is 20.2 Å². The van der Waals surface area contributed by atoms with Crippen molar-refractivity contribution < 1.29 is 28.9 Å². The molecule has 42 heavy (non-hydrogen) atoms. The van der Waals surface area contributed by atoms with Crippen molar-refractivity contribution in [2.75, 3.05) is 67.8 Å². The second-order valence-corrected chi connectivity index (χ2v) is 9.04. The molecule has 2 aliphatic heterocycles. The van der Waals surface area contributed by atoms with Gasteiger partial charge < -0.3 is 24.0 Å². The molecule has 0 bridgehead atoms. The predicted octanol–water partition coefficient (Wildman–Crippen LogP) is 2.03. The topological polar surface area (TPSA) is 201 Å². The lowest BCUT2D eigenvalue weighted by Gasteiger charge is -2.30. The number of carbonyl (C=O) groups is 1. The van der Waals surface area contributed by atoms with E-state index in [9.17, 15) is 25.0 Å². The van der Waals surface area contributed by atoms with Crippen molar-refractivity contribution in [3.63, 3.8) is 0 Å². The average Bonchev–Trinajstić information content (AvgIpc) is 3.01. The van der Waals surface area contributed by atoms with Gasteiger partial charge in [0.25, 0.3) is 11.4 Å². The highest BCUT2D eigenvalue weighted by Crippen LogP contribution is 2.24. The maximum absolute atomic E-state index is 12.6. The molecule has 0 spiro atoms. The van der Waals surface area contributed by atoms with Crippen LogP contribution in [0.25, 0.3) is 0 Å². The maximum atomic E-state index is 12.6. The number of benzene rings is 2. The van der Waals surface area contributed by atoms with Crippen LogP contribution in [0.2, 0.25) is 0 Å². The molecule has 2 fully saturated rings. The summed E-state index contributed by atoms with van der Waals surface area (Å²) in [4.78, 5) is 51.0. The minimum absolute atomic E-state index is 0.0995. The van der Waals surface area contributed by atoms with Gasteiger partial charge in [-0.15, -0.1) is 0 Å². The van der Waals surface area contributed by atoms with Crippen LogP contribution in [0.3, 0.4) is 0 Å². The maximum Gasteiger partial charge on any atom is 0.344 e. The molecule has 5 rings (SSSR count). The molecule has 3 heterocycles. The molecule has 2 aromatic carbocycles. The van der Waals surface area contributed by atoms with Crippen molar-refractivity contribution in [1.82, 2.24) is 15.0 Å². The number of hydrazone groups is 1. The Morgan fingerprint density at radius 3 is 2.00 bits per heavy atom. The normalized spacial score (nSPS) is 15.4. The van der Waals surface area contributed by atoms with Crippen LogP contribution in [-0.2, 0) is 9.47 Å². The number of nitro benzene ring substituents is 2. The largest absolute Gasteiger partial charge is 0.423 e. The highest BCUT2D eigenvalue weighted by molar-refractivity contribution is 5.93. The zero-order valence-corrected chi connectivity index (χ0v) is 22.1. The number of esters is 1. The number of hydrogen-bond donors (Lipinski definition) is 1. The molecule has 0 saturated carbocycles. The van der Waals surface area contributed by atoms with E-state index in [4.69, 9.17) is 14.2 Å². The van der Waals surface area contributed by atoms with Crippen molar-refractivity contribution in [2.24, 2.45) is 5.10 Å². The van der Waals surface area contributed by atoms with E-state index in [0.29, 0.717) is 70.1 Å². The Labute approximate surface area is 238 Å². The van der Waals surface area contributed by atoms with Gasteiger partial charge in [0.2, 0.25) is 17.8 Å². The zero-order chi connectivity index (χ0) is 29.5. The third kappa shape index (κ3) is 7.07. The summed E-state index contributed by atoms with van der Waals surface area (Å²) in [6, 6.07) is 8.89. The quantitative estimate of drug-likeness (QED) is 0.127. The SMILES string of the molecule is O=C(Oc1cccc(/C=N\Nc2nc(N3CCOCC3)nc(N3CCOCC3)n2)c1)c1cc([N+](=O)[O-])cc([N+](=O)[O-])c1. The van der Waals surface area contributed by atoms with Crippen LogP contribution in [0.5, 0.6) is 5.75 Å². The molecule has 0 amide bonds. The number of hydrogen-bond acceptors (Lipinski definition) is 15. The van der Waals surface area contributed by atoms with Crippen LogP contribution < -0.4 is 20.0 Å². The van der Waals surface area contributed by atoms with Crippen LogP contribution >= 0.6 is 0 Å². The number of rotatable bonds is 9. The number of morpholine rings is 2. The number of anilines is 3. The number of aromatic nitrogens is 3. The molecule has 0 radical (unpaired) electrons. The highest BCUT2D eigenvalue weighted by atomic mass is 16.6. The Balaban J connectivity index is 1.30. The summed E-state index contributed by atoms with van der Waals surface area (Å²) >= 11 is 0. The lowest BCUT2D eigenvalue weighted by atomic mass is 10.1. The van der Waals surface area contributed by atoms with E-state index in [1.54, 1.807) is 12.1 Å². The van der Waals surface area contributed by atoms with E-state index in [1.807, 2.05) is 9.80 Å². The molecule has 1 N–H and O–H groups in total. The first-order valence-corrected chi connectivity index (χ1v) is 12.8. The van der Waals surface area contributed by atoms with Gasteiger partial charge in [0.1, 0.15) is 5.75 Å².